The van der Waals surface area contributed by atoms with Crippen molar-refractivity contribution < 1.29 is 9.53 Å². The second-order valence-electron chi connectivity index (χ2n) is 6.59. The minimum Gasteiger partial charge on any atom is -0.460 e. The van der Waals surface area contributed by atoms with Gasteiger partial charge in [0.05, 0.1) is 5.41 Å². The highest BCUT2D eigenvalue weighted by Crippen LogP contribution is 2.50. The Kier molecular flexibility index (Phi) is 3.33. The molecule has 2 N–H and O–H groups in total. The van der Waals surface area contributed by atoms with Crippen LogP contribution in [0, 0.1) is 12.3 Å². The monoisotopic (exact) mass is 261 g/mol. The molecular weight excluding hydrogens is 238 g/mol. The number of rotatable bonds is 3. The number of carbonyl (C=O) groups excluding carboxylic acids is 1. The topological polar surface area (TPSA) is 52.3 Å². The summed E-state index contributed by atoms with van der Waals surface area (Å²) in [6.07, 6.45) is 2.56. The maximum Gasteiger partial charge on any atom is 0.312 e. The zero-order chi connectivity index (χ0) is 14.3. The van der Waals surface area contributed by atoms with Gasteiger partial charge in [-0.15, -0.1) is 0 Å². The van der Waals surface area contributed by atoms with Crippen molar-refractivity contribution in [3.63, 3.8) is 0 Å². The van der Waals surface area contributed by atoms with Gasteiger partial charge in [0.25, 0.3) is 0 Å². The lowest BCUT2D eigenvalue weighted by Crippen LogP contribution is -2.31. The van der Waals surface area contributed by atoms with Crippen LogP contribution in [0.2, 0.25) is 0 Å². The Morgan fingerprint density at radius 2 is 2.00 bits per heavy atom. The number of benzene rings is 1. The van der Waals surface area contributed by atoms with Crippen molar-refractivity contribution in [2.45, 2.75) is 52.6 Å². The van der Waals surface area contributed by atoms with Crippen molar-refractivity contribution in [2.75, 3.05) is 5.73 Å². The lowest BCUT2D eigenvalue weighted by atomic mass is 9.93. The fourth-order valence-corrected chi connectivity index (χ4v) is 2.25. The van der Waals surface area contributed by atoms with E-state index in [0.717, 1.165) is 36.1 Å². The van der Waals surface area contributed by atoms with E-state index in [1.54, 1.807) is 0 Å². The fraction of sp³-hybridized carbons (Fsp3) is 0.562. The zero-order valence-corrected chi connectivity index (χ0v) is 12.2. The lowest BCUT2D eigenvalue weighted by molar-refractivity contribution is -0.161. The largest absolute Gasteiger partial charge is 0.460 e. The van der Waals surface area contributed by atoms with Crippen LogP contribution in [0.3, 0.4) is 0 Å². The van der Waals surface area contributed by atoms with Gasteiger partial charge in [-0.1, -0.05) is 12.1 Å². The van der Waals surface area contributed by atoms with Gasteiger partial charge < -0.3 is 10.5 Å². The smallest absolute Gasteiger partial charge is 0.312 e. The number of hydrogen-bond acceptors (Lipinski definition) is 3. The van der Waals surface area contributed by atoms with Gasteiger partial charge in [-0.25, -0.2) is 0 Å². The Morgan fingerprint density at radius 3 is 2.53 bits per heavy atom. The van der Waals surface area contributed by atoms with Gasteiger partial charge >= 0.3 is 5.97 Å². The molecule has 1 fully saturated rings. The van der Waals surface area contributed by atoms with Crippen molar-refractivity contribution >= 4 is 11.7 Å². The van der Waals surface area contributed by atoms with Crippen LogP contribution in [-0.4, -0.2) is 11.6 Å². The second-order valence-corrected chi connectivity index (χ2v) is 6.59. The highest BCUT2D eigenvalue weighted by Gasteiger charge is 2.52. The molecule has 1 aliphatic rings. The Balaban J connectivity index is 2.14. The van der Waals surface area contributed by atoms with Gasteiger partial charge in [-0.2, -0.15) is 0 Å². The molecule has 0 aliphatic heterocycles. The van der Waals surface area contributed by atoms with Crippen molar-refractivity contribution in [1.29, 1.82) is 0 Å². The van der Waals surface area contributed by atoms with E-state index in [-0.39, 0.29) is 11.4 Å². The van der Waals surface area contributed by atoms with Gasteiger partial charge in [0, 0.05) is 5.69 Å². The van der Waals surface area contributed by atoms with E-state index in [4.69, 9.17) is 10.5 Å². The minimum absolute atomic E-state index is 0.0678. The molecule has 0 aromatic heterocycles. The van der Waals surface area contributed by atoms with Crippen LogP contribution in [0.4, 0.5) is 5.69 Å². The molecule has 1 aliphatic carbocycles. The Morgan fingerprint density at radius 1 is 1.37 bits per heavy atom. The fourth-order valence-electron chi connectivity index (χ4n) is 2.25. The molecular formula is C16H23NO2. The molecule has 1 saturated carbocycles. The Labute approximate surface area is 115 Å². The average Bonchev–Trinajstić information content (AvgIpc) is 3.04. The zero-order valence-electron chi connectivity index (χ0n) is 12.2. The van der Waals surface area contributed by atoms with E-state index in [1.165, 1.54) is 0 Å². The summed E-state index contributed by atoms with van der Waals surface area (Å²) in [5, 5.41) is 0. The SMILES string of the molecule is Cc1c(N)cccc1CC1(C(=O)OC(C)(C)C)CC1. The lowest BCUT2D eigenvalue weighted by Gasteiger charge is -2.24. The third-order valence-corrected chi connectivity index (χ3v) is 3.70. The first-order valence-corrected chi connectivity index (χ1v) is 6.81. The molecule has 0 spiro atoms. The highest BCUT2D eigenvalue weighted by molar-refractivity contribution is 5.80. The maximum absolute atomic E-state index is 12.3. The summed E-state index contributed by atoms with van der Waals surface area (Å²) in [5.41, 5.74) is 8.21. The summed E-state index contributed by atoms with van der Waals surface area (Å²) in [4.78, 5) is 12.3. The Bertz CT molecular complexity index is 496. The third kappa shape index (κ3) is 3.09. The normalized spacial score (nSPS) is 17.1. The highest BCUT2D eigenvalue weighted by atomic mass is 16.6. The second kappa shape index (κ2) is 4.55. The number of anilines is 1. The Hall–Kier alpha value is -1.51. The number of nitrogen functional groups attached to an aromatic ring is 1. The standard InChI is InChI=1S/C16H23NO2/c1-11-12(6-5-7-13(11)17)10-16(8-9-16)14(18)19-15(2,3)4/h5-7H,8-10,17H2,1-4H3. The summed E-state index contributed by atoms with van der Waals surface area (Å²) in [7, 11) is 0. The molecule has 0 amide bonds. The summed E-state index contributed by atoms with van der Waals surface area (Å²) in [6, 6.07) is 5.89. The quantitative estimate of drug-likeness (QED) is 0.671. The van der Waals surface area contributed by atoms with E-state index in [1.807, 2.05) is 39.8 Å². The molecule has 3 nitrogen and oxygen atoms in total. The molecule has 3 heteroatoms. The molecule has 0 radical (unpaired) electrons. The average molecular weight is 261 g/mol. The van der Waals surface area contributed by atoms with Crippen molar-refractivity contribution in [3.05, 3.63) is 29.3 Å². The summed E-state index contributed by atoms with van der Waals surface area (Å²) < 4.78 is 5.54. The van der Waals surface area contributed by atoms with Crippen LogP contribution >= 0.6 is 0 Å². The van der Waals surface area contributed by atoms with E-state index < -0.39 is 5.60 Å². The molecule has 1 aromatic carbocycles. The van der Waals surface area contributed by atoms with E-state index in [0.29, 0.717) is 0 Å². The van der Waals surface area contributed by atoms with Gasteiger partial charge in [0.1, 0.15) is 5.60 Å². The van der Waals surface area contributed by atoms with Crippen LogP contribution in [0.1, 0.15) is 44.7 Å². The molecule has 0 saturated heterocycles. The van der Waals surface area contributed by atoms with Crippen molar-refractivity contribution in [3.8, 4) is 0 Å². The van der Waals surface area contributed by atoms with Crippen LogP contribution in [0.15, 0.2) is 18.2 Å². The summed E-state index contributed by atoms with van der Waals surface area (Å²) in [5.74, 6) is -0.0678. The maximum atomic E-state index is 12.3. The van der Waals surface area contributed by atoms with Gasteiger partial charge in [0.2, 0.25) is 0 Å². The molecule has 104 valence electrons. The van der Waals surface area contributed by atoms with Crippen LogP contribution in [-0.2, 0) is 16.0 Å². The molecule has 0 unspecified atom stereocenters. The van der Waals surface area contributed by atoms with Crippen LogP contribution < -0.4 is 5.73 Å². The predicted molar refractivity (Wildman–Crippen MR) is 76.8 cm³/mol. The van der Waals surface area contributed by atoms with Gasteiger partial charge in [0.15, 0.2) is 0 Å². The number of esters is 1. The molecule has 2 rings (SSSR count). The predicted octanol–water partition coefficient (Wildman–Crippen LogP) is 3.24. The third-order valence-electron chi connectivity index (χ3n) is 3.70. The summed E-state index contributed by atoms with van der Waals surface area (Å²) in [6.45, 7) is 7.74. The number of carbonyl (C=O) groups is 1. The molecule has 0 bridgehead atoms. The summed E-state index contributed by atoms with van der Waals surface area (Å²) >= 11 is 0. The molecule has 19 heavy (non-hydrogen) atoms. The van der Waals surface area contributed by atoms with Crippen LogP contribution in [0.5, 0.6) is 0 Å². The van der Waals surface area contributed by atoms with Crippen molar-refractivity contribution in [2.24, 2.45) is 5.41 Å². The molecule has 1 aromatic rings. The van der Waals surface area contributed by atoms with E-state index in [9.17, 15) is 4.79 Å². The number of hydrogen-bond donors (Lipinski definition) is 1. The number of ether oxygens (including phenoxy) is 1. The van der Waals surface area contributed by atoms with E-state index >= 15 is 0 Å². The number of nitrogens with two attached hydrogens (primary N) is 1. The first-order valence-electron chi connectivity index (χ1n) is 6.81. The molecule has 0 atom stereocenters. The van der Waals surface area contributed by atoms with Gasteiger partial charge in [-0.3, -0.25) is 4.79 Å². The van der Waals surface area contributed by atoms with Crippen molar-refractivity contribution in [1.82, 2.24) is 0 Å². The van der Waals surface area contributed by atoms with Gasteiger partial charge in [-0.05, 0) is 64.2 Å². The first-order chi connectivity index (χ1) is 8.73. The van der Waals surface area contributed by atoms with Crippen LogP contribution in [0.25, 0.3) is 0 Å². The van der Waals surface area contributed by atoms with E-state index in [2.05, 4.69) is 6.07 Å². The molecule has 0 heterocycles. The minimum atomic E-state index is -0.419. The first kappa shape index (κ1) is 13.9.